The molecule has 2 nitrogen and oxygen atoms in total. The van der Waals surface area contributed by atoms with E-state index in [1.807, 2.05) is 0 Å². The number of ether oxygens (including phenoxy) is 1. The summed E-state index contributed by atoms with van der Waals surface area (Å²) >= 11 is 0. The summed E-state index contributed by atoms with van der Waals surface area (Å²) in [6, 6.07) is 0. The molecule has 0 aromatic heterocycles. The molecule has 1 rings (SSSR count). The van der Waals surface area contributed by atoms with Gasteiger partial charge in [0.2, 0.25) is 0 Å². The molecule has 96 valence electrons. The van der Waals surface area contributed by atoms with E-state index in [9.17, 15) is 4.79 Å². The van der Waals surface area contributed by atoms with Crippen molar-refractivity contribution in [1.29, 1.82) is 0 Å². The first kappa shape index (κ1) is 14.0. The zero-order valence-corrected chi connectivity index (χ0v) is 11.2. The minimum atomic E-state index is -0.241. The smallest absolute Gasteiger partial charge is 0.331 e. The first-order chi connectivity index (χ1) is 8.04. The Bertz CT molecular complexity index is 291. The molecule has 2 heteroatoms. The molecular formula is C15H24O2. The summed E-state index contributed by atoms with van der Waals surface area (Å²) < 4.78 is 5.56. The predicted octanol–water partition coefficient (Wildman–Crippen LogP) is 3.73. The summed E-state index contributed by atoms with van der Waals surface area (Å²) in [6.07, 6.45) is 8.16. The second-order valence-corrected chi connectivity index (χ2v) is 5.40. The molecule has 3 unspecified atom stereocenters. The van der Waals surface area contributed by atoms with Crippen molar-refractivity contribution in [3.05, 3.63) is 24.8 Å². The number of carbonyl (C=O) groups is 1. The Labute approximate surface area is 105 Å². The average molecular weight is 236 g/mol. The Morgan fingerprint density at radius 2 is 2.12 bits per heavy atom. The molecule has 17 heavy (non-hydrogen) atoms. The van der Waals surface area contributed by atoms with Crippen molar-refractivity contribution in [2.75, 3.05) is 0 Å². The van der Waals surface area contributed by atoms with Crippen molar-refractivity contribution in [2.24, 2.45) is 17.8 Å². The van der Waals surface area contributed by atoms with E-state index in [2.05, 4.69) is 27.4 Å². The SMILES string of the molecule is C=CC=CC(=O)OC1CC(C)CCC1C(C)C. The number of hydrogen-bond donors (Lipinski definition) is 0. The lowest BCUT2D eigenvalue weighted by Crippen LogP contribution is -2.35. The van der Waals surface area contributed by atoms with Crippen molar-refractivity contribution >= 4 is 5.97 Å². The Balaban J connectivity index is 2.60. The van der Waals surface area contributed by atoms with E-state index in [-0.39, 0.29) is 12.1 Å². The second-order valence-electron chi connectivity index (χ2n) is 5.40. The maximum atomic E-state index is 11.6. The molecule has 0 radical (unpaired) electrons. The van der Waals surface area contributed by atoms with Crippen LogP contribution in [0, 0.1) is 17.8 Å². The van der Waals surface area contributed by atoms with Crippen LogP contribution in [0.1, 0.15) is 40.0 Å². The molecule has 0 aromatic rings. The van der Waals surface area contributed by atoms with Gasteiger partial charge in [0.05, 0.1) is 0 Å². The average Bonchev–Trinajstić information content (AvgIpc) is 2.26. The zero-order valence-electron chi connectivity index (χ0n) is 11.2. The lowest BCUT2D eigenvalue weighted by molar-refractivity contribution is -0.149. The van der Waals surface area contributed by atoms with E-state index in [0.29, 0.717) is 17.8 Å². The monoisotopic (exact) mass is 236 g/mol. The highest BCUT2D eigenvalue weighted by Gasteiger charge is 2.32. The summed E-state index contributed by atoms with van der Waals surface area (Å²) in [6.45, 7) is 10.2. The Morgan fingerprint density at radius 1 is 1.41 bits per heavy atom. The van der Waals surface area contributed by atoms with Crippen LogP contribution in [0.25, 0.3) is 0 Å². The van der Waals surface area contributed by atoms with Crippen LogP contribution in [0.3, 0.4) is 0 Å². The highest BCUT2D eigenvalue weighted by atomic mass is 16.5. The Kier molecular flexibility index (Phi) is 5.46. The summed E-state index contributed by atoms with van der Waals surface area (Å²) in [7, 11) is 0. The Hall–Kier alpha value is -1.05. The number of rotatable bonds is 4. The molecule has 0 bridgehead atoms. The quantitative estimate of drug-likeness (QED) is 0.422. The van der Waals surface area contributed by atoms with Gasteiger partial charge in [0.15, 0.2) is 0 Å². The number of esters is 1. The molecule has 1 aliphatic carbocycles. The fourth-order valence-electron chi connectivity index (χ4n) is 2.59. The van der Waals surface area contributed by atoms with Crippen LogP contribution >= 0.6 is 0 Å². The highest BCUT2D eigenvalue weighted by molar-refractivity contribution is 5.82. The normalized spacial score (nSPS) is 29.5. The molecule has 1 saturated carbocycles. The molecule has 0 saturated heterocycles. The first-order valence-corrected chi connectivity index (χ1v) is 6.54. The number of carbonyl (C=O) groups excluding carboxylic acids is 1. The summed E-state index contributed by atoms with van der Waals surface area (Å²) in [4.78, 5) is 11.6. The van der Waals surface area contributed by atoms with E-state index >= 15 is 0 Å². The van der Waals surface area contributed by atoms with Crippen molar-refractivity contribution in [2.45, 2.75) is 46.1 Å². The second kappa shape index (κ2) is 6.63. The third-order valence-electron chi connectivity index (χ3n) is 3.60. The molecular weight excluding hydrogens is 212 g/mol. The van der Waals surface area contributed by atoms with E-state index < -0.39 is 0 Å². The zero-order chi connectivity index (χ0) is 12.8. The third kappa shape index (κ3) is 4.37. The van der Waals surface area contributed by atoms with Gasteiger partial charge < -0.3 is 4.74 Å². The van der Waals surface area contributed by atoms with E-state index in [1.165, 1.54) is 18.9 Å². The molecule has 0 aromatic carbocycles. The highest BCUT2D eigenvalue weighted by Crippen LogP contribution is 2.35. The maximum absolute atomic E-state index is 11.6. The number of allylic oxidation sites excluding steroid dienone is 2. The van der Waals surface area contributed by atoms with Gasteiger partial charge in [-0.3, -0.25) is 0 Å². The molecule has 0 amide bonds. The lowest BCUT2D eigenvalue weighted by atomic mass is 9.75. The van der Waals surface area contributed by atoms with Crippen LogP contribution in [-0.2, 0) is 9.53 Å². The van der Waals surface area contributed by atoms with Crippen LogP contribution in [0.5, 0.6) is 0 Å². The maximum Gasteiger partial charge on any atom is 0.331 e. The molecule has 0 spiro atoms. The minimum Gasteiger partial charge on any atom is -0.459 e. The topological polar surface area (TPSA) is 26.3 Å². The fourth-order valence-corrected chi connectivity index (χ4v) is 2.59. The van der Waals surface area contributed by atoms with Crippen LogP contribution in [-0.4, -0.2) is 12.1 Å². The molecule has 0 aliphatic heterocycles. The van der Waals surface area contributed by atoms with E-state index in [4.69, 9.17) is 4.74 Å². The van der Waals surface area contributed by atoms with Crippen LogP contribution in [0.4, 0.5) is 0 Å². The van der Waals surface area contributed by atoms with Gasteiger partial charge in [-0.25, -0.2) is 4.79 Å². The van der Waals surface area contributed by atoms with Gasteiger partial charge in [0.25, 0.3) is 0 Å². The molecule has 3 atom stereocenters. The van der Waals surface area contributed by atoms with Gasteiger partial charge in [0.1, 0.15) is 6.10 Å². The van der Waals surface area contributed by atoms with Crippen molar-refractivity contribution < 1.29 is 9.53 Å². The van der Waals surface area contributed by atoms with Gasteiger partial charge in [-0.2, -0.15) is 0 Å². The molecule has 0 N–H and O–H groups in total. The third-order valence-corrected chi connectivity index (χ3v) is 3.60. The molecule has 1 fully saturated rings. The Morgan fingerprint density at radius 3 is 2.71 bits per heavy atom. The van der Waals surface area contributed by atoms with Crippen LogP contribution in [0.2, 0.25) is 0 Å². The summed E-state index contributed by atoms with van der Waals surface area (Å²) in [5.74, 6) is 1.50. The summed E-state index contributed by atoms with van der Waals surface area (Å²) in [5.41, 5.74) is 0. The molecule has 1 aliphatic rings. The fraction of sp³-hybridized carbons (Fsp3) is 0.667. The van der Waals surface area contributed by atoms with Gasteiger partial charge >= 0.3 is 5.97 Å². The van der Waals surface area contributed by atoms with Crippen molar-refractivity contribution in [3.8, 4) is 0 Å². The number of hydrogen-bond acceptors (Lipinski definition) is 2. The van der Waals surface area contributed by atoms with Gasteiger partial charge in [-0.15, -0.1) is 0 Å². The summed E-state index contributed by atoms with van der Waals surface area (Å²) in [5, 5.41) is 0. The van der Waals surface area contributed by atoms with Crippen molar-refractivity contribution in [1.82, 2.24) is 0 Å². The van der Waals surface area contributed by atoms with Gasteiger partial charge in [0, 0.05) is 6.08 Å². The van der Waals surface area contributed by atoms with Crippen molar-refractivity contribution in [3.63, 3.8) is 0 Å². The standard InChI is InChI=1S/C15H24O2/c1-5-6-7-15(16)17-14-10-12(4)8-9-13(14)11(2)3/h5-7,11-14H,1,8-10H2,2-4H3. The van der Waals surface area contributed by atoms with E-state index in [0.717, 1.165) is 6.42 Å². The largest absolute Gasteiger partial charge is 0.459 e. The van der Waals surface area contributed by atoms with Crippen LogP contribution < -0.4 is 0 Å². The minimum absolute atomic E-state index is 0.0840. The lowest BCUT2D eigenvalue weighted by Gasteiger charge is -2.36. The predicted molar refractivity (Wildman–Crippen MR) is 70.6 cm³/mol. The van der Waals surface area contributed by atoms with Crippen LogP contribution in [0.15, 0.2) is 24.8 Å². The van der Waals surface area contributed by atoms with Gasteiger partial charge in [-0.1, -0.05) is 45.9 Å². The van der Waals surface area contributed by atoms with Gasteiger partial charge in [-0.05, 0) is 30.6 Å². The first-order valence-electron chi connectivity index (χ1n) is 6.54. The molecule has 0 heterocycles. The van der Waals surface area contributed by atoms with E-state index in [1.54, 1.807) is 12.2 Å².